The molecule has 3 nitrogen and oxygen atoms in total. The fraction of sp³-hybridized carbons (Fsp3) is 0.312. The Morgan fingerprint density at radius 2 is 1.89 bits per heavy atom. The predicted molar refractivity (Wildman–Crippen MR) is 77.6 cm³/mol. The number of ether oxygens (including phenoxy) is 1. The summed E-state index contributed by atoms with van der Waals surface area (Å²) in [5.74, 6) is 1.51. The molecule has 0 spiro atoms. The van der Waals surface area contributed by atoms with Crippen LogP contribution in [0.5, 0.6) is 11.6 Å². The molecule has 0 unspecified atom stereocenters. The SMILES string of the molecule is CCNCc1cccc(Oc2cccc(C)c2C)n1. The van der Waals surface area contributed by atoms with Crippen LogP contribution >= 0.6 is 0 Å². The smallest absolute Gasteiger partial charge is 0.219 e. The van der Waals surface area contributed by atoms with Crippen LogP contribution in [0.15, 0.2) is 36.4 Å². The Morgan fingerprint density at radius 3 is 2.68 bits per heavy atom. The Hall–Kier alpha value is -1.87. The van der Waals surface area contributed by atoms with Crippen LogP contribution < -0.4 is 10.1 Å². The lowest BCUT2D eigenvalue weighted by molar-refractivity contribution is 0.456. The van der Waals surface area contributed by atoms with E-state index in [0.717, 1.165) is 30.1 Å². The predicted octanol–water partition coefficient (Wildman–Crippen LogP) is 3.60. The van der Waals surface area contributed by atoms with E-state index in [1.807, 2.05) is 30.3 Å². The average molecular weight is 256 g/mol. The van der Waals surface area contributed by atoms with Crippen LogP contribution in [0.4, 0.5) is 0 Å². The van der Waals surface area contributed by atoms with Crippen molar-refractivity contribution in [2.24, 2.45) is 0 Å². The number of nitrogens with zero attached hydrogens (tertiary/aromatic N) is 1. The highest BCUT2D eigenvalue weighted by Crippen LogP contribution is 2.25. The van der Waals surface area contributed by atoms with Gasteiger partial charge < -0.3 is 10.1 Å². The number of nitrogens with one attached hydrogen (secondary N) is 1. The highest BCUT2D eigenvalue weighted by Gasteiger charge is 2.04. The van der Waals surface area contributed by atoms with Gasteiger partial charge in [0.25, 0.3) is 0 Å². The molecule has 0 saturated carbocycles. The highest BCUT2D eigenvalue weighted by atomic mass is 16.5. The summed E-state index contributed by atoms with van der Waals surface area (Å²) in [6.45, 7) is 7.92. The van der Waals surface area contributed by atoms with Gasteiger partial charge in [-0.15, -0.1) is 0 Å². The molecule has 1 aromatic carbocycles. The van der Waals surface area contributed by atoms with E-state index in [2.05, 4.69) is 37.1 Å². The van der Waals surface area contributed by atoms with E-state index in [-0.39, 0.29) is 0 Å². The summed E-state index contributed by atoms with van der Waals surface area (Å²) >= 11 is 0. The number of pyridine rings is 1. The molecule has 0 atom stereocenters. The van der Waals surface area contributed by atoms with Crippen molar-refractivity contribution in [3.8, 4) is 11.6 Å². The zero-order chi connectivity index (χ0) is 13.7. The number of aromatic nitrogens is 1. The lowest BCUT2D eigenvalue weighted by Gasteiger charge is -2.10. The largest absolute Gasteiger partial charge is 0.439 e. The van der Waals surface area contributed by atoms with Gasteiger partial charge in [0.1, 0.15) is 5.75 Å². The van der Waals surface area contributed by atoms with Crippen molar-refractivity contribution >= 4 is 0 Å². The third kappa shape index (κ3) is 3.55. The minimum atomic E-state index is 0.643. The zero-order valence-corrected chi connectivity index (χ0v) is 11.7. The van der Waals surface area contributed by atoms with Gasteiger partial charge in [0.2, 0.25) is 5.88 Å². The van der Waals surface area contributed by atoms with Crippen LogP contribution in [-0.4, -0.2) is 11.5 Å². The zero-order valence-electron chi connectivity index (χ0n) is 11.7. The Kier molecular flexibility index (Phi) is 4.53. The summed E-state index contributed by atoms with van der Waals surface area (Å²) in [7, 11) is 0. The van der Waals surface area contributed by atoms with E-state index in [4.69, 9.17) is 4.74 Å². The minimum Gasteiger partial charge on any atom is -0.439 e. The molecule has 0 bridgehead atoms. The van der Waals surface area contributed by atoms with Crippen molar-refractivity contribution in [3.05, 3.63) is 53.2 Å². The lowest BCUT2D eigenvalue weighted by atomic mass is 10.1. The first-order valence-corrected chi connectivity index (χ1v) is 6.61. The van der Waals surface area contributed by atoms with Crippen molar-refractivity contribution in [1.29, 1.82) is 0 Å². The van der Waals surface area contributed by atoms with Crippen LogP contribution in [0.25, 0.3) is 0 Å². The Bertz CT molecular complexity index is 552. The first-order valence-electron chi connectivity index (χ1n) is 6.61. The van der Waals surface area contributed by atoms with Gasteiger partial charge in [-0.25, -0.2) is 4.98 Å². The topological polar surface area (TPSA) is 34.1 Å². The molecule has 2 rings (SSSR count). The van der Waals surface area contributed by atoms with Crippen LogP contribution in [0, 0.1) is 13.8 Å². The maximum Gasteiger partial charge on any atom is 0.219 e. The third-order valence-electron chi connectivity index (χ3n) is 3.11. The third-order valence-corrected chi connectivity index (χ3v) is 3.11. The number of aryl methyl sites for hydroxylation is 1. The van der Waals surface area contributed by atoms with Gasteiger partial charge in [-0.2, -0.15) is 0 Å². The quantitative estimate of drug-likeness (QED) is 0.887. The Balaban J connectivity index is 2.16. The number of rotatable bonds is 5. The molecule has 1 aromatic heterocycles. The number of benzene rings is 1. The summed E-state index contributed by atoms with van der Waals surface area (Å²) < 4.78 is 5.87. The molecule has 0 aliphatic rings. The molecule has 0 aliphatic carbocycles. The lowest BCUT2D eigenvalue weighted by Crippen LogP contribution is -2.12. The maximum atomic E-state index is 5.87. The molecule has 1 heterocycles. The molecule has 0 amide bonds. The Labute approximate surface area is 114 Å². The van der Waals surface area contributed by atoms with Crippen LogP contribution in [0.1, 0.15) is 23.7 Å². The molecule has 0 saturated heterocycles. The molecule has 100 valence electrons. The van der Waals surface area contributed by atoms with E-state index in [0.29, 0.717) is 5.88 Å². The maximum absolute atomic E-state index is 5.87. The summed E-state index contributed by atoms with van der Waals surface area (Å²) in [5.41, 5.74) is 3.37. The van der Waals surface area contributed by atoms with Gasteiger partial charge >= 0.3 is 0 Å². The molecular weight excluding hydrogens is 236 g/mol. The minimum absolute atomic E-state index is 0.643. The molecule has 3 heteroatoms. The van der Waals surface area contributed by atoms with Crippen molar-refractivity contribution < 1.29 is 4.74 Å². The fourth-order valence-corrected chi connectivity index (χ4v) is 1.81. The first-order chi connectivity index (χ1) is 9.20. The summed E-state index contributed by atoms with van der Waals surface area (Å²) in [5, 5.41) is 3.26. The standard InChI is InChI=1S/C16H20N2O/c1-4-17-11-14-8-6-10-16(18-14)19-15-9-5-7-12(2)13(15)3/h5-10,17H,4,11H2,1-3H3. The van der Waals surface area contributed by atoms with Crippen LogP contribution in [0.2, 0.25) is 0 Å². The molecular formula is C16H20N2O. The first kappa shape index (κ1) is 13.6. The second-order valence-corrected chi connectivity index (χ2v) is 4.55. The van der Waals surface area contributed by atoms with Crippen LogP contribution in [0.3, 0.4) is 0 Å². The van der Waals surface area contributed by atoms with Crippen molar-refractivity contribution in [2.75, 3.05) is 6.54 Å². The van der Waals surface area contributed by atoms with Gasteiger partial charge in [0.05, 0.1) is 5.69 Å². The molecule has 2 aromatic rings. The Morgan fingerprint density at radius 1 is 1.11 bits per heavy atom. The van der Waals surface area contributed by atoms with E-state index in [1.54, 1.807) is 0 Å². The molecule has 19 heavy (non-hydrogen) atoms. The van der Waals surface area contributed by atoms with Gasteiger partial charge in [0.15, 0.2) is 0 Å². The summed E-state index contributed by atoms with van der Waals surface area (Å²) in [6, 6.07) is 11.9. The summed E-state index contributed by atoms with van der Waals surface area (Å²) in [6.07, 6.45) is 0. The monoisotopic (exact) mass is 256 g/mol. The van der Waals surface area contributed by atoms with Gasteiger partial charge in [-0.1, -0.05) is 25.1 Å². The van der Waals surface area contributed by atoms with Crippen molar-refractivity contribution in [1.82, 2.24) is 10.3 Å². The highest BCUT2D eigenvalue weighted by molar-refractivity contribution is 5.40. The van der Waals surface area contributed by atoms with E-state index < -0.39 is 0 Å². The molecule has 1 N–H and O–H groups in total. The normalized spacial score (nSPS) is 10.5. The van der Waals surface area contributed by atoms with E-state index in [9.17, 15) is 0 Å². The molecule has 0 aliphatic heterocycles. The molecule has 0 radical (unpaired) electrons. The van der Waals surface area contributed by atoms with Crippen molar-refractivity contribution in [3.63, 3.8) is 0 Å². The van der Waals surface area contributed by atoms with Gasteiger partial charge in [-0.3, -0.25) is 0 Å². The fourth-order valence-electron chi connectivity index (χ4n) is 1.81. The second-order valence-electron chi connectivity index (χ2n) is 4.55. The number of hydrogen-bond acceptors (Lipinski definition) is 3. The molecule has 0 fully saturated rings. The second kappa shape index (κ2) is 6.34. The van der Waals surface area contributed by atoms with Crippen LogP contribution in [-0.2, 0) is 6.54 Å². The van der Waals surface area contributed by atoms with Gasteiger partial charge in [-0.05, 0) is 43.7 Å². The van der Waals surface area contributed by atoms with E-state index >= 15 is 0 Å². The van der Waals surface area contributed by atoms with Gasteiger partial charge in [0, 0.05) is 12.6 Å². The van der Waals surface area contributed by atoms with Crippen molar-refractivity contribution in [2.45, 2.75) is 27.3 Å². The van der Waals surface area contributed by atoms with E-state index in [1.165, 1.54) is 5.56 Å². The average Bonchev–Trinajstić information content (AvgIpc) is 2.42. The summed E-state index contributed by atoms with van der Waals surface area (Å²) in [4.78, 5) is 4.49. The number of hydrogen-bond donors (Lipinski definition) is 1.